The zero-order valence-corrected chi connectivity index (χ0v) is 17.5. The van der Waals surface area contributed by atoms with Crippen molar-refractivity contribution in [2.24, 2.45) is 0 Å². The molecule has 0 bridgehead atoms. The van der Waals surface area contributed by atoms with Gasteiger partial charge in [-0.1, -0.05) is 58.7 Å². The van der Waals surface area contributed by atoms with Crippen LogP contribution in [0.3, 0.4) is 0 Å². The Hall–Kier alpha value is -2.05. The molecule has 0 aliphatic carbocycles. The second-order valence-electron chi connectivity index (χ2n) is 5.82. The molecule has 8 heteroatoms. The van der Waals surface area contributed by atoms with E-state index in [0.29, 0.717) is 31.8 Å². The molecule has 140 valence electrons. The van der Waals surface area contributed by atoms with Crippen molar-refractivity contribution in [3.05, 3.63) is 87.5 Å². The number of halogens is 3. The molecule has 2 aromatic heterocycles. The molecule has 2 aromatic carbocycles. The Morgan fingerprint density at radius 1 is 0.821 bits per heavy atom. The van der Waals surface area contributed by atoms with Crippen LogP contribution in [-0.2, 0) is 5.75 Å². The van der Waals surface area contributed by atoms with Crippen molar-refractivity contribution in [1.29, 1.82) is 0 Å². The first kappa shape index (κ1) is 19.3. The highest BCUT2D eigenvalue weighted by Gasteiger charge is 2.18. The fraction of sp³-hybridized carbons (Fsp3) is 0.0500. The summed E-state index contributed by atoms with van der Waals surface area (Å²) >= 11 is 20.2. The summed E-state index contributed by atoms with van der Waals surface area (Å²) in [5.74, 6) is 1.21. The fourth-order valence-corrected chi connectivity index (χ4v) is 4.47. The average molecular weight is 448 g/mol. The number of rotatable bonds is 5. The number of nitrogens with zero attached hydrogens (tertiary/aromatic N) is 4. The van der Waals surface area contributed by atoms with Gasteiger partial charge in [0.25, 0.3) is 0 Å². The summed E-state index contributed by atoms with van der Waals surface area (Å²) in [7, 11) is 0. The van der Waals surface area contributed by atoms with E-state index in [0.717, 1.165) is 16.9 Å². The summed E-state index contributed by atoms with van der Waals surface area (Å²) in [5, 5.41) is 11.4. The van der Waals surface area contributed by atoms with Crippen LogP contribution in [0.5, 0.6) is 0 Å². The zero-order chi connectivity index (χ0) is 19.5. The largest absolute Gasteiger partial charge is 0.269 e. The van der Waals surface area contributed by atoms with Crippen molar-refractivity contribution < 1.29 is 0 Å². The highest BCUT2D eigenvalue weighted by Crippen LogP contribution is 2.33. The smallest absolute Gasteiger partial charge is 0.196 e. The molecule has 0 spiro atoms. The number of thioether (sulfide) groups is 1. The maximum atomic E-state index is 6.31. The van der Waals surface area contributed by atoms with Crippen molar-refractivity contribution >= 4 is 46.6 Å². The van der Waals surface area contributed by atoms with Crippen LogP contribution in [0.25, 0.3) is 17.2 Å². The molecule has 0 N–H and O–H groups in total. The monoisotopic (exact) mass is 446 g/mol. The molecule has 4 aromatic rings. The topological polar surface area (TPSA) is 43.6 Å². The van der Waals surface area contributed by atoms with Crippen molar-refractivity contribution in [3.63, 3.8) is 0 Å². The standard InChI is InChI=1S/C20H13Cl3N4S/c21-13-7-9-14(10-8-13)27-19(18-6-1-2-11-24-18)25-26-20(27)28-12-15-16(22)4-3-5-17(15)23/h1-11H,12H2. The van der Waals surface area contributed by atoms with Crippen LogP contribution in [-0.4, -0.2) is 19.7 Å². The Morgan fingerprint density at radius 2 is 1.57 bits per heavy atom. The van der Waals surface area contributed by atoms with E-state index < -0.39 is 0 Å². The van der Waals surface area contributed by atoms with E-state index in [1.165, 1.54) is 11.8 Å². The predicted octanol–water partition coefficient (Wildman–Crippen LogP) is 6.58. The lowest BCUT2D eigenvalue weighted by atomic mass is 10.2. The minimum atomic E-state index is 0.562. The second-order valence-corrected chi connectivity index (χ2v) is 8.02. The van der Waals surface area contributed by atoms with Crippen LogP contribution < -0.4 is 0 Å². The van der Waals surface area contributed by atoms with Crippen LogP contribution in [0, 0.1) is 0 Å². The summed E-state index contributed by atoms with van der Waals surface area (Å²) in [6.45, 7) is 0. The van der Waals surface area contributed by atoms with Gasteiger partial charge in [-0.15, -0.1) is 10.2 Å². The maximum absolute atomic E-state index is 6.31. The van der Waals surface area contributed by atoms with E-state index in [9.17, 15) is 0 Å². The quantitative estimate of drug-likeness (QED) is 0.324. The number of pyridine rings is 1. The molecule has 0 aliphatic heterocycles. The molecule has 0 radical (unpaired) electrons. The summed E-state index contributed by atoms with van der Waals surface area (Å²) in [4.78, 5) is 4.41. The first-order valence-electron chi connectivity index (χ1n) is 8.32. The van der Waals surface area contributed by atoms with Gasteiger partial charge in [-0.3, -0.25) is 9.55 Å². The van der Waals surface area contributed by atoms with Crippen molar-refractivity contribution in [2.45, 2.75) is 10.9 Å². The number of hydrogen-bond acceptors (Lipinski definition) is 4. The van der Waals surface area contributed by atoms with Gasteiger partial charge in [0.05, 0.1) is 0 Å². The van der Waals surface area contributed by atoms with E-state index in [4.69, 9.17) is 34.8 Å². The van der Waals surface area contributed by atoms with Gasteiger partial charge in [-0.2, -0.15) is 0 Å². The summed E-state index contributed by atoms with van der Waals surface area (Å²) < 4.78 is 1.95. The Bertz CT molecular complexity index is 1080. The van der Waals surface area contributed by atoms with Gasteiger partial charge in [0.2, 0.25) is 0 Å². The Balaban J connectivity index is 1.75. The van der Waals surface area contributed by atoms with E-state index in [-0.39, 0.29) is 0 Å². The lowest BCUT2D eigenvalue weighted by molar-refractivity contribution is 0.885. The summed E-state index contributed by atoms with van der Waals surface area (Å²) in [5.41, 5.74) is 2.48. The molecule has 0 fully saturated rings. The molecular formula is C20H13Cl3N4S. The minimum absolute atomic E-state index is 0.562. The first-order chi connectivity index (χ1) is 13.6. The number of hydrogen-bond donors (Lipinski definition) is 0. The SMILES string of the molecule is Clc1ccc(-n2c(SCc3c(Cl)cccc3Cl)nnc2-c2ccccn2)cc1. The third-order valence-electron chi connectivity index (χ3n) is 4.02. The second kappa shape index (κ2) is 8.53. The van der Waals surface area contributed by atoms with Gasteiger partial charge in [-0.25, -0.2) is 0 Å². The minimum Gasteiger partial charge on any atom is -0.269 e. The van der Waals surface area contributed by atoms with Crippen molar-refractivity contribution in [1.82, 2.24) is 19.7 Å². The van der Waals surface area contributed by atoms with E-state index in [1.54, 1.807) is 6.20 Å². The average Bonchev–Trinajstić information content (AvgIpc) is 3.13. The molecule has 0 saturated heterocycles. The third-order valence-corrected chi connectivity index (χ3v) is 5.94. The van der Waals surface area contributed by atoms with Gasteiger partial charge < -0.3 is 0 Å². The highest BCUT2D eigenvalue weighted by atomic mass is 35.5. The van der Waals surface area contributed by atoms with Gasteiger partial charge >= 0.3 is 0 Å². The molecule has 0 amide bonds. The number of aromatic nitrogens is 4. The molecule has 0 aliphatic rings. The maximum Gasteiger partial charge on any atom is 0.196 e. The molecule has 2 heterocycles. The van der Waals surface area contributed by atoms with Crippen LogP contribution in [0.15, 0.2) is 72.0 Å². The summed E-state index contributed by atoms with van der Waals surface area (Å²) in [6, 6.07) is 18.7. The molecule has 4 nitrogen and oxygen atoms in total. The Kier molecular flexibility index (Phi) is 5.87. The Labute approximate surface area is 181 Å². The Morgan fingerprint density at radius 3 is 2.25 bits per heavy atom. The van der Waals surface area contributed by atoms with Crippen LogP contribution in [0.4, 0.5) is 0 Å². The van der Waals surface area contributed by atoms with E-state index in [1.807, 2.05) is 65.2 Å². The van der Waals surface area contributed by atoms with Crippen LogP contribution >= 0.6 is 46.6 Å². The van der Waals surface area contributed by atoms with E-state index >= 15 is 0 Å². The zero-order valence-electron chi connectivity index (χ0n) is 14.4. The molecule has 0 saturated carbocycles. The van der Waals surface area contributed by atoms with Gasteiger partial charge in [0.15, 0.2) is 11.0 Å². The van der Waals surface area contributed by atoms with E-state index in [2.05, 4.69) is 15.2 Å². The highest BCUT2D eigenvalue weighted by molar-refractivity contribution is 7.98. The van der Waals surface area contributed by atoms with Crippen LogP contribution in [0.2, 0.25) is 15.1 Å². The van der Waals surface area contributed by atoms with Crippen molar-refractivity contribution in [3.8, 4) is 17.2 Å². The normalized spacial score (nSPS) is 11.0. The summed E-state index contributed by atoms with van der Waals surface area (Å²) in [6.07, 6.45) is 1.73. The van der Waals surface area contributed by atoms with Gasteiger partial charge in [-0.05, 0) is 54.1 Å². The van der Waals surface area contributed by atoms with Gasteiger partial charge in [0, 0.05) is 32.7 Å². The third kappa shape index (κ3) is 4.03. The molecule has 28 heavy (non-hydrogen) atoms. The van der Waals surface area contributed by atoms with Crippen molar-refractivity contribution in [2.75, 3.05) is 0 Å². The lowest BCUT2D eigenvalue weighted by Gasteiger charge is -2.11. The molecular weight excluding hydrogens is 435 g/mol. The van der Waals surface area contributed by atoms with Gasteiger partial charge in [0.1, 0.15) is 5.69 Å². The number of benzene rings is 2. The van der Waals surface area contributed by atoms with Crippen LogP contribution in [0.1, 0.15) is 5.56 Å². The predicted molar refractivity (Wildman–Crippen MR) is 116 cm³/mol. The fourth-order valence-electron chi connectivity index (χ4n) is 2.65. The first-order valence-corrected chi connectivity index (χ1v) is 10.4. The molecule has 4 rings (SSSR count). The molecule has 0 unspecified atom stereocenters. The lowest BCUT2D eigenvalue weighted by Crippen LogP contribution is -2.00. The molecule has 0 atom stereocenters.